The van der Waals surface area contributed by atoms with Gasteiger partial charge in [-0.05, 0) is 6.42 Å². The summed E-state index contributed by atoms with van der Waals surface area (Å²) < 4.78 is 0. The van der Waals surface area contributed by atoms with Gasteiger partial charge in [-0.1, -0.05) is 41.5 Å². The monoisotopic (exact) mass is 372 g/mol. The summed E-state index contributed by atoms with van der Waals surface area (Å²) in [7, 11) is 0. The molecular weight excluding hydrogens is 357 g/mol. The predicted octanol–water partition coefficient (Wildman–Crippen LogP) is 4.20. The fourth-order valence-electron chi connectivity index (χ4n) is 2.50. The van der Waals surface area contributed by atoms with Crippen molar-refractivity contribution >= 4 is 6.29 Å². The van der Waals surface area contributed by atoms with Crippen molar-refractivity contribution in [2.45, 2.75) is 6.42 Å². The normalized spacial score (nSPS) is 10.4. The van der Waals surface area contributed by atoms with Crippen LogP contribution in [0.5, 0.6) is 0 Å². The van der Waals surface area contributed by atoms with E-state index in [-0.39, 0.29) is 19.5 Å². The van der Waals surface area contributed by atoms with Crippen molar-refractivity contribution in [2.24, 2.45) is 0 Å². The average molecular weight is 371 g/mol. The minimum absolute atomic E-state index is 0. The van der Waals surface area contributed by atoms with E-state index in [1.165, 1.54) is 22.3 Å². The molecule has 0 aromatic heterocycles. The van der Waals surface area contributed by atoms with Crippen LogP contribution in [0.1, 0.15) is 16.7 Å². The topological polar surface area (TPSA) is 17.1 Å². The van der Waals surface area contributed by atoms with Gasteiger partial charge < -0.3 is 4.79 Å². The molecule has 0 atom stereocenters. The summed E-state index contributed by atoms with van der Waals surface area (Å²) >= 11 is 0. The first-order chi connectivity index (χ1) is 10.4. The van der Waals surface area contributed by atoms with Gasteiger partial charge in [0, 0.05) is 0 Å². The van der Waals surface area contributed by atoms with E-state index >= 15 is 0 Å². The Bertz CT molecular complexity index is 707. The van der Waals surface area contributed by atoms with Crippen molar-refractivity contribution < 1.29 is 24.3 Å². The molecule has 3 aromatic rings. The van der Waals surface area contributed by atoms with Crippen molar-refractivity contribution in [1.82, 2.24) is 0 Å². The first-order valence-corrected chi connectivity index (χ1v) is 6.89. The van der Waals surface area contributed by atoms with Crippen LogP contribution in [0.3, 0.4) is 0 Å². The zero-order chi connectivity index (χ0) is 14.5. The molecule has 0 radical (unpaired) electrons. The van der Waals surface area contributed by atoms with E-state index in [9.17, 15) is 4.79 Å². The molecular formula is C20H14ORu. The Hall–Kier alpha value is -2.05. The first-order valence-electron chi connectivity index (χ1n) is 6.89. The number of fused-ring (bicyclic) bond motifs is 3. The van der Waals surface area contributed by atoms with Crippen LogP contribution in [-0.4, -0.2) is 6.29 Å². The van der Waals surface area contributed by atoms with Gasteiger partial charge in [-0.25, -0.2) is 0 Å². The molecule has 0 fully saturated rings. The molecule has 1 aliphatic carbocycles. The maximum atomic E-state index is 9.88. The van der Waals surface area contributed by atoms with E-state index in [4.69, 9.17) is 0 Å². The summed E-state index contributed by atoms with van der Waals surface area (Å²) in [6, 6.07) is 27.0. The van der Waals surface area contributed by atoms with Crippen LogP contribution in [0.2, 0.25) is 0 Å². The second-order valence-corrected chi connectivity index (χ2v) is 4.86. The summed E-state index contributed by atoms with van der Waals surface area (Å²) in [6.45, 7) is 0. The second-order valence-electron chi connectivity index (χ2n) is 4.86. The van der Waals surface area contributed by atoms with Crippen LogP contribution in [-0.2, 0) is 30.7 Å². The Morgan fingerprint density at radius 1 is 0.818 bits per heavy atom. The first kappa shape index (κ1) is 16.3. The van der Waals surface area contributed by atoms with Gasteiger partial charge in [-0.2, -0.15) is 47.5 Å². The van der Waals surface area contributed by atoms with Gasteiger partial charge in [-0.3, -0.25) is 0 Å². The Morgan fingerprint density at radius 2 is 1.50 bits per heavy atom. The van der Waals surface area contributed by atoms with E-state index in [1.54, 1.807) is 30.6 Å². The van der Waals surface area contributed by atoms with Crippen molar-refractivity contribution in [3.63, 3.8) is 0 Å². The Kier molecular flexibility index (Phi) is 5.80. The molecule has 0 saturated heterocycles. The van der Waals surface area contributed by atoms with Crippen LogP contribution in [0.4, 0.5) is 0 Å². The molecule has 0 spiro atoms. The quantitative estimate of drug-likeness (QED) is 0.362. The second kappa shape index (κ2) is 7.82. The van der Waals surface area contributed by atoms with E-state index in [2.05, 4.69) is 42.5 Å². The van der Waals surface area contributed by atoms with E-state index < -0.39 is 0 Å². The number of hydrogen-bond donors (Lipinski definition) is 0. The zero-order valence-corrected chi connectivity index (χ0v) is 13.6. The minimum Gasteiger partial charge on any atom is -0.376 e. The van der Waals surface area contributed by atoms with Gasteiger partial charge in [0.25, 0.3) is 0 Å². The van der Waals surface area contributed by atoms with Gasteiger partial charge in [-0.15, -0.1) is 17.7 Å². The van der Waals surface area contributed by atoms with Crippen LogP contribution in [0.25, 0.3) is 11.1 Å². The van der Waals surface area contributed by atoms with Gasteiger partial charge in [0.05, 0.1) is 6.29 Å². The molecule has 0 amide bonds. The molecule has 1 aliphatic rings. The van der Waals surface area contributed by atoms with E-state index in [0.29, 0.717) is 5.56 Å². The Morgan fingerprint density at radius 3 is 2.23 bits per heavy atom. The van der Waals surface area contributed by atoms with Crippen LogP contribution < -0.4 is 0 Å². The molecule has 0 N–H and O–H groups in total. The standard InChI is InChI=1S/C13H9.C7H5O.Ru/c1-3-7-12-10(5-1)9-11-6-2-4-8-13(11)12;8-6-7-4-2-1-3-5-7;/h1-5,7-8H,9H2;1-5H;/q2*-1;+2. The minimum atomic E-state index is 0. The fraction of sp³-hybridized carbons (Fsp3) is 0.0500. The third-order valence-electron chi connectivity index (χ3n) is 3.51. The summed E-state index contributed by atoms with van der Waals surface area (Å²) in [6.07, 6.45) is 2.82. The van der Waals surface area contributed by atoms with Crippen molar-refractivity contribution in [3.8, 4) is 11.1 Å². The summed E-state index contributed by atoms with van der Waals surface area (Å²) in [5.41, 5.74) is 6.11. The molecule has 0 unspecified atom stereocenters. The molecule has 0 heterocycles. The van der Waals surface area contributed by atoms with Crippen LogP contribution in [0.15, 0.2) is 72.8 Å². The summed E-state index contributed by atoms with van der Waals surface area (Å²) in [5.74, 6) is 0. The number of hydrogen-bond acceptors (Lipinski definition) is 1. The molecule has 0 bridgehead atoms. The maximum absolute atomic E-state index is 9.88. The van der Waals surface area contributed by atoms with Crippen LogP contribution in [0, 0.1) is 6.07 Å². The van der Waals surface area contributed by atoms with Gasteiger partial charge in [0.15, 0.2) is 0 Å². The van der Waals surface area contributed by atoms with Gasteiger partial charge in [0.1, 0.15) is 0 Å². The SMILES string of the molecule is O=[C-]c1ccccc1.[Ru+2].[c-]1cccc2c1Cc1ccccc1-2. The number of benzene rings is 3. The predicted molar refractivity (Wildman–Crippen MR) is 84.8 cm³/mol. The largest absolute Gasteiger partial charge is 2.00 e. The third kappa shape index (κ3) is 3.58. The Labute approximate surface area is 143 Å². The van der Waals surface area contributed by atoms with Crippen molar-refractivity contribution in [3.05, 3.63) is 95.6 Å². The summed E-state index contributed by atoms with van der Waals surface area (Å²) in [5, 5.41) is 0. The molecule has 2 heteroatoms. The fourth-order valence-corrected chi connectivity index (χ4v) is 2.50. The van der Waals surface area contributed by atoms with Crippen molar-refractivity contribution in [2.75, 3.05) is 0 Å². The molecule has 4 rings (SSSR count). The van der Waals surface area contributed by atoms with Crippen LogP contribution >= 0.6 is 0 Å². The maximum Gasteiger partial charge on any atom is 2.00 e. The smallest absolute Gasteiger partial charge is 0.376 e. The number of rotatable bonds is 1. The average Bonchev–Trinajstić information content (AvgIpc) is 2.95. The molecule has 22 heavy (non-hydrogen) atoms. The molecule has 108 valence electrons. The molecule has 0 saturated carbocycles. The van der Waals surface area contributed by atoms with Gasteiger partial charge in [0.2, 0.25) is 0 Å². The van der Waals surface area contributed by atoms with Crippen molar-refractivity contribution in [1.29, 1.82) is 0 Å². The summed E-state index contributed by atoms with van der Waals surface area (Å²) in [4.78, 5) is 9.88. The zero-order valence-electron chi connectivity index (χ0n) is 11.9. The molecule has 0 aliphatic heterocycles. The van der Waals surface area contributed by atoms with E-state index in [1.807, 2.05) is 12.1 Å². The molecule has 1 nitrogen and oxygen atoms in total. The van der Waals surface area contributed by atoms with E-state index in [0.717, 1.165) is 6.42 Å². The Balaban J connectivity index is 0.000000172. The number of carbonyl (C=O) groups excluding carboxylic acids is 1. The molecule has 3 aromatic carbocycles. The van der Waals surface area contributed by atoms with Gasteiger partial charge >= 0.3 is 19.5 Å². The third-order valence-corrected chi connectivity index (χ3v) is 3.51.